The summed E-state index contributed by atoms with van der Waals surface area (Å²) in [5.41, 5.74) is 14.9. The fourth-order valence-corrected chi connectivity index (χ4v) is 10.1. The molecule has 0 amide bonds. The molecule has 0 saturated heterocycles. The van der Waals surface area contributed by atoms with Crippen molar-refractivity contribution >= 4 is 53.2 Å². The molecule has 2 aliphatic carbocycles. The third-order valence-corrected chi connectivity index (χ3v) is 12.6. The molecule has 0 bridgehead atoms. The molecule has 6 aromatic carbocycles. The Bertz CT molecular complexity index is 1960. The summed E-state index contributed by atoms with van der Waals surface area (Å²) in [6.45, 7) is 16.9. The summed E-state index contributed by atoms with van der Waals surface area (Å²) in [7, 11) is 0. The summed E-state index contributed by atoms with van der Waals surface area (Å²) in [4.78, 5) is 0. The molecule has 312 valence electrons. The van der Waals surface area contributed by atoms with Crippen molar-refractivity contribution in [2.45, 2.75) is 131 Å². The van der Waals surface area contributed by atoms with E-state index in [4.69, 9.17) is 0 Å². The molecular weight excluding hydrogens is 839 g/mol. The summed E-state index contributed by atoms with van der Waals surface area (Å²) in [6, 6.07) is 37.2. The second-order valence-electron chi connectivity index (χ2n) is 17.9. The van der Waals surface area contributed by atoms with Gasteiger partial charge in [0.25, 0.3) is 0 Å². The first-order chi connectivity index (χ1) is 26.0. The summed E-state index contributed by atoms with van der Waals surface area (Å²) in [6.07, 6.45) is 19.3. The van der Waals surface area contributed by atoms with Gasteiger partial charge in [-0.1, -0.05) is 147 Å². The van der Waals surface area contributed by atoms with Gasteiger partial charge in [-0.2, -0.15) is 12.1 Å². The van der Waals surface area contributed by atoms with E-state index >= 15 is 0 Å². The van der Waals surface area contributed by atoms with Gasteiger partial charge in [0.05, 0.1) is 0 Å². The molecule has 2 radical (unpaired) electrons. The molecule has 0 spiro atoms. The van der Waals surface area contributed by atoms with Crippen LogP contribution < -0.4 is 0 Å². The van der Waals surface area contributed by atoms with Gasteiger partial charge in [-0.15, -0.1) is 93.9 Å². The Morgan fingerprint density at radius 3 is 1.10 bits per heavy atom. The van der Waals surface area contributed by atoms with Gasteiger partial charge >= 0.3 is 30.2 Å². The van der Waals surface area contributed by atoms with Crippen molar-refractivity contribution in [3.05, 3.63) is 145 Å². The average Bonchev–Trinajstić information content (AvgIpc) is 3.58. The maximum atomic E-state index is 3.06. The first kappa shape index (κ1) is 51.9. The molecule has 0 aliphatic heterocycles. The number of halogens is 2. The second-order valence-corrected chi connectivity index (χ2v) is 17.9. The number of fused-ring (bicyclic) bond motifs is 2. The van der Waals surface area contributed by atoms with Crippen molar-refractivity contribution in [1.82, 2.24) is 0 Å². The molecule has 8 rings (SSSR count). The third-order valence-electron chi connectivity index (χ3n) is 12.6. The second kappa shape index (κ2) is 23.7. The quantitative estimate of drug-likeness (QED) is 0.0887. The van der Waals surface area contributed by atoms with Crippen molar-refractivity contribution in [2.75, 3.05) is 0 Å². The van der Waals surface area contributed by atoms with Crippen LogP contribution in [0.2, 0.25) is 0 Å². The van der Waals surface area contributed by atoms with Gasteiger partial charge in [-0.3, -0.25) is 0 Å². The molecule has 4 heteroatoms. The van der Waals surface area contributed by atoms with Crippen LogP contribution in [0.15, 0.2) is 97.1 Å². The Morgan fingerprint density at radius 2 is 0.793 bits per heavy atom. The van der Waals surface area contributed by atoms with Crippen LogP contribution in [0.3, 0.4) is 0 Å². The van der Waals surface area contributed by atoms with Crippen LogP contribution in [-0.4, -0.2) is 6.88 Å². The molecule has 2 fully saturated rings. The third kappa shape index (κ3) is 13.4. The molecule has 0 aromatic heterocycles. The Hall–Kier alpha value is -2.22. The van der Waals surface area contributed by atoms with E-state index < -0.39 is 0 Å². The van der Waals surface area contributed by atoms with E-state index in [-0.39, 0.29) is 39.7 Å². The van der Waals surface area contributed by atoms with Crippen molar-refractivity contribution in [2.24, 2.45) is 10.8 Å². The van der Waals surface area contributed by atoms with Crippen molar-refractivity contribution in [1.29, 1.82) is 0 Å². The normalized spacial score (nSPS) is 15.6. The zero-order valence-corrected chi connectivity index (χ0v) is 42.0. The van der Waals surface area contributed by atoms with Gasteiger partial charge < -0.3 is 14.9 Å². The average molecular weight is 909 g/mol. The van der Waals surface area contributed by atoms with Crippen LogP contribution in [0.1, 0.15) is 124 Å². The zero-order valence-electron chi connectivity index (χ0n) is 37.0. The molecule has 2 aliphatic rings. The first-order valence-electron chi connectivity index (χ1n) is 20.8. The Morgan fingerprint density at radius 1 is 0.483 bits per heavy atom. The Kier molecular flexibility index (Phi) is 21.2. The predicted molar refractivity (Wildman–Crippen MR) is 261 cm³/mol. The molecule has 0 nitrogen and oxygen atoms in total. The van der Waals surface area contributed by atoms with E-state index in [2.05, 4.69) is 145 Å². The molecule has 0 unspecified atom stereocenters. The molecule has 0 heterocycles. The van der Waals surface area contributed by atoms with Crippen molar-refractivity contribution < 1.29 is 23.3 Å². The maximum absolute atomic E-state index is 3.06. The number of hydrogen-bond donors (Lipinski definition) is 0. The topological polar surface area (TPSA) is 0 Å². The first-order valence-corrected chi connectivity index (χ1v) is 25.0. The van der Waals surface area contributed by atoms with Crippen molar-refractivity contribution in [3.63, 3.8) is 0 Å². The molecule has 58 heavy (non-hydrogen) atoms. The van der Waals surface area contributed by atoms with E-state index in [1.807, 2.05) is 0 Å². The van der Waals surface area contributed by atoms with Crippen molar-refractivity contribution in [3.8, 4) is 22.3 Å². The van der Waals surface area contributed by atoms with Crippen LogP contribution in [-0.2, 0) is 36.2 Å². The summed E-state index contributed by atoms with van der Waals surface area (Å²) < 4.78 is 0. The van der Waals surface area contributed by atoms with E-state index in [9.17, 15) is 0 Å². The van der Waals surface area contributed by atoms with Crippen LogP contribution in [0, 0.1) is 53.4 Å². The fraction of sp³-hybridized carbons (Fsp3) is 0.407. The van der Waals surface area contributed by atoms with Crippen LogP contribution >= 0.6 is 24.8 Å². The molecular formula is C54H70Cl2SiZr-4. The van der Waals surface area contributed by atoms with E-state index in [1.54, 1.807) is 0 Å². The summed E-state index contributed by atoms with van der Waals surface area (Å²) >= 11 is 1.36. The van der Waals surface area contributed by atoms with Gasteiger partial charge in [-0.25, -0.2) is 0 Å². The van der Waals surface area contributed by atoms with Gasteiger partial charge in [0.1, 0.15) is 0 Å². The molecule has 6 aromatic rings. The van der Waals surface area contributed by atoms with Gasteiger partial charge in [-0.05, 0) is 88.2 Å². The number of benzene rings is 4. The van der Waals surface area contributed by atoms with E-state index in [1.165, 1.54) is 190 Å². The van der Waals surface area contributed by atoms with E-state index in [0.717, 1.165) is 0 Å². The molecule has 0 N–H and O–H groups in total. The SMILES string of the molecule is Cc1cc(C)cc(-c2cccc3[cH-]c(CC4(C)CCCCCC4)cc23)c1.Cc1cc(C)cc(-c2cccc3[cH-]c(CC4(C)CCCCCC4)cc23)c1.Cl.Cl.[CH3-].[CH3-].[Si]=[Zr]. The Balaban J connectivity index is 0.000000360. The van der Waals surface area contributed by atoms with Gasteiger partial charge in [0.2, 0.25) is 0 Å². The van der Waals surface area contributed by atoms with Gasteiger partial charge in [0.15, 0.2) is 0 Å². The predicted octanol–water partition coefficient (Wildman–Crippen LogP) is 16.9. The molecule has 0 atom stereocenters. The standard InChI is InChI=1S/2C26H31.2CH3.2ClH.Si.Zr/c2*1-19-13-20(2)15-23(14-19)24-10-8-9-22-16-21(17-25(22)24)18-26(3)11-6-4-5-7-12-26;;;;;;/h2*8-10,13-17H,4-7,11-12,18H2,1-3H3;2*1H3;2*1H;;/q4*-1;;;;. The minimum absolute atomic E-state index is 0. The van der Waals surface area contributed by atoms with Gasteiger partial charge in [0, 0.05) is 0 Å². The number of hydrogen-bond acceptors (Lipinski definition) is 0. The minimum atomic E-state index is 0. The summed E-state index contributed by atoms with van der Waals surface area (Å²) in [5.74, 6) is 0. The number of aryl methyl sites for hydroxylation is 4. The molecule has 2 saturated carbocycles. The zero-order chi connectivity index (χ0) is 38.3. The van der Waals surface area contributed by atoms with E-state index in [0.29, 0.717) is 10.8 Å². The van der Waals surface area contributed by atoms with Crippen LogP contribution in [0.25, 0.3) is 43.8 Å². The Labute approximate surface area is 383 Å². The number of rotatable bonds is 6. The monoisotopic (exact) mass is 906 g/mol. The van der Waals surface area contributed by atoms with Crippen LogP contribution in [0.4, 0.5) is 0 Å². The summed E-state index contributed by atoms with van der Waals surface area (Å²) in [5, 5.41) is 5.64. The fourth-order valence-electron chi connectivity index (χ4n) is 10.1. The van der Waals surface area contributed by atoms with Crippen LogP contribution in [0.5, 0.6) is 0 Å².